The molecule has 3 atom stereocenters. The van der Waals surface area contributed by atoms with Crippen LogP contribution in [0, 0.1) is 11.8 Å². The lowest BCUT2D eigenvalue weighted by Crippen LogP contribution is -2.44. The molecule has 1 heterocycles. The first-order chi connectivity index (χ1) is 9.06. The van der Waals surface area contributed by atoms with E-state index in [4.69, 9.17) is 5.73 Å². The van der Waals surface area contributed by atoms with Crippen LogP contribution in [0.1, 0.15) is 44.9 Å². The monoisotopic (exact) mass is 280 g/mol. The molecule has 1 aliphatic carbocycles. The molecular formula is C16H28N2S. The van der Waals surface area contributed by atoms with Crippen molar-refractivity contribution in [3.63, 3.8) is 0 Å². The van der Waals surface area contributed by atoms with Gasteiger partial charge in [0.2, 0.25) is 0 Å². The van der Waals surface area contributed by atoms with Gasteiger partial charge in [0.05, 0.1) is 0 Å². The van der Waals surface area contributed by atoms with Crippen molar-refractivity contribution in [1.29, 1.82) is 0 Å². The summed E-state index contributed by atoms with van der Waals surface area (Å²) in [6.07, 6.45) is 3.82. The first-order valence-corrected chi connectivity index (χ1v) is 8.46. The summed E-state index contributed by atoms with van der Waals surface area (Å²) in [7, 11) is 0. The maximum absolute atomic E-state index is 6.34. The number of thiophene rings is 1. The van der Waals surface area contributed by atoms with Gasteiger partial charge in [0.15, 0.2) is 0 Å². The minimum absolute atomic E-state index is 0.404. The van der Waals surface area contributed by atoms with Gasteiger partial charge in [0.25, 0.3) is 0 Å². The number of nitrogens with two attached hydrogens (primary N) is 1. The Morgan fingerprint density at radius 3 is 2.84 bits per heavy atom. The molecule has 3 unspecified atom stereocenters. The average Bonchev–Trinajstić information content (AvgIpc) is 2.85. The van der Waals surface area contributed by atoms with E-state index in [0.29, 0.717) is 18.0 Å². The third-order valence-electron chi connectivity index (χ3n) is 4.44. The highest BCUT2D eigenvalue weighted by molar-refractivity contribution is 7.09. The Balaban J connectivity index is 1.95. The van der Waals surface area contributed by atoms with Crippen LogP contribution < -0.4 is 5.73 Å². The topological polar surface area (TPSA) is 29.3 Å². The number of hydrogen-bond donors (Lipinski definition) is 1. The van der Waals surface area contributed by atoms with E-state index in [1.54, 1.807) is 0 Å². The Bertz CT molecular complexity index is 361. The Morgan fingerprint density at radius 2 is 2.21 bits per heavy atom. The Hall–Kier alpha value is -0.380. The molecule has 0 spiro atoms. The van der Waals surface area contributed by atoms with Crippen molar-refractivity contribution in [2.45, 2.75) is 58.7 Å². The Labute approximate surface area is 122 Å². The number of nitrogens with zero attached hydrogens (tertiary/aromatic N) is 1. The molecule has 1 aromatic rings. The lowest BCUT2D eigenvalue weighted by atomic mass is 9.79. The minimum Gasteiger partial charge on any atom is -0.327 e. The second kappa shape index (κ2) is 6.87. The molecule has 1 fully saturated rings. The largest absolute Gasteiger partial charge is 0.327 e. The van der Waals surface area contributed by atoms with Crippen molar-refractivity contribution >= 4 is 11.3 Å². The summed E-state index contributed by atoms with van der Waals surface area (Å²) in [6, 6.07) is 5.38. The Kier molecular flexibility index (Phi) is 5.43. The fourth-order valence-electron chi connectivity index (χ4n) is 3.09. The molecule has 19 heavy (non-hydrogen) atoms. The molecule has 3 heteroatoms. The van der Waals surface area contributed by atoms with Gasteiger partial charge in [-0.1, -0.05) is 13.0 Å². The van der Waals surface area contributed by atoms with Crippen molar-refractivity contribution in [2.24, 2.45) is 17.6 Å². The summed E-state index contributed by atoms with van der Waals surface area (Å²) in [5.74, 6) is 1.52. The van der Waals surface area contributed by atoms with Crippen molar-refractivity contribution in [3.05, 3.63) is 22.4 Å². The minimum atomic E-state index is 0.404. The van der Waals surface area contributed by atoms with Gasteiger partial charge in [-0.05, 0) is 56.4 Å². The standard InChI is InChI=1S/C16H28N2S/c1-12(2)18(11-15-5-4-8-19-15)10-14-9-13(3)6-7-16(14)17/h4-5,8,12-14,16H,6-7,9-11,17H2,1-3H3. The predicted octanol–water partition coefficient (Wildman–Crippen LogP) is 3.72. The lowest BCUT2D eigenvalue weighted by molar-refractivity contribution is 0.132. The quantitative estimate of drug-likeness (QED) is 0.890. The highest BCUT2D eigenvalue weighted by Gasteiger charge is 2.28. The van der Waals surface area contributed by atoms with Crippen molar-refractivity contribution in [3.8, 4) is 0 Å². The maximum Gasteiger partial charge on any atom is 0.0330 e. The van der Waals surface area contributed by atoms with Crippen LogP contribution in [-0.2, 0) is 6.54 Å². The van der Waals surface area contributed by atoms with Crippen LogP contribution in [-0.4, -0.2) is 23.5 Å². The Morgan fingerprint density at radius 1 is 1.42 bits per heavy atom. The average molecular weight is 280 g/mol. The fraction of sp³-hybridized carbons (Fsp3) is 0.750. The van der Waals surface area contributed by atoms with Crippen LogP contribution in [0.5, 0.6) is 0 Å². The van der Waals surface area contributed by atoms with Crippen LogP contribution in [0.4, 0.5) is 0 Å². The molecule has 1 saturated carbocycles. The summed E-state index contributed by atoms with van der Waals surface area (Å²) in [6.45, 7) is 9.20. The molecule has 0 aliphatic heterocycles. The number of rotatable bonds is 5. The van der Waals surface area contributed by atoms with Crippen LogP contribution in [0.15, 0.2) is 17.5 Å². The molecule has 1 aromatic heterocycles. The van der Waals surface area contributed by atoms with E-state index < -0.39 is 0 Å². The summed E-state index contributed by atoms with van der Waals surface area (Å²) in [5.41, 5.74) is 6.34. The van der Waals surface area contributed by atoms with Gasteiger partial charge >= 0.3 is 0 Å². The molecule has 1 aliphatic rings. The van der Waals surface area contributed by atoms with Gasteiger partial charge in [0, 0.05) is 30.1 Å². The van der Waals surface area contributed by atoms with Gasteiger partial charge in [0.1, 0.15) is 0 Å². The zero-order valence-corrected chi connectivity index (χ0v) is 13.3. The lowest BCUT2D eigenvalue weighted by Gasteiger charge is -2.37. The molecule has 2 rings (SSSR count). The molecule has 2 N–H and O–H groups in total. The van der Waals surface area contributed by atoms with Crippen LogP contribution in [0.2, 0.25) is 0 Å². The van der Waals surface area contributed by atoms with E-state index in [1.165, 1.54) is 24.1 Å². The normalized spacial score (nSPS) is 28.2. The molecule has 0 bridgehead atoms. The second-order valence-corrected chi connectivity index (χ2v) is 7.48. The van der Waals surface area contributed by atoms with Crippen LogP contribution in [0.3, 0.4) is 0 Å². The SMILES string of the molecule is CC1CCC(N)C(CN(Cc2cccs2)C(C)C)C1. The van der Waals surface area contributed by atoms with Gasteiger partial charge in [-0.3, -0.25) is 4.90 Å². The van der Waals surface area contributed by atoms with E-state index in [9.17, 15) is 0 Å². The molecule has 2 nitrogen and oxygen atoms in total. The van der Waals surface area contributed by atoms with Crippen LogP contribution >= 0.6 is 11.3 Å². The second-order valence-electron chi connectivity index (χ2n) is 6.44. The van der Waals surface area contributed by atoms with E-state index in [-0.39, 0.29) is 0 Å². The smallest absolute Gasteiger partial charge is 0.0330 e. The fourth-order valence-corrected chi connectivity index (χ4v) is 3.82. The maximum atomic E-state index is 6.34. The van der Waals surface area contributed by atoms with E-state index in [1.807, 2.05) is 11.3 Å². The third-order valence-corrected chi connectivity index (χ3v) is 5.30. The van der Waals surface area contributed by atoms with E-state index in [2.05, 4.69) is 43.2 Å². The molecular weight excluding hydrogens is 252 g/mol. The first-order valence-electron chi connectivity index (χ1n) is 7.58. The highest BCUT2D eigenvalue weighted by atomic mass is 32.1. The van der Waals surface area contributed by atoms with Gasteiger partial charge in [-0.25, -0.2) is 0 Å². The van der Waals surface area contributed by atoms with Gasteiger partial charge in [-0.15, -0.1) is 11.3 Å². The molecule has 0 aromatic carbocycles. The highest BCUT2D eigenvalue weighted by Crippen LogP contribution is 2.29. The summed E-state index contributed by atoms with van der Waals surface area (Å²) < 4.78 is 0. The van der Waals surface area contributed by atoms with E-state index >= 15 is 0 Å². The van der Waals surface area contributed by atoms with Gasteiger partial charge in [-0.2, -0.15) is 0 Å². The summed E-state index contributed by atoms with van der Waals surface area (Å²) in [5, 5.41) is 2.17. The zero-order chi connectivity index (χ0) is 13.8. The van der Waals surface area contributed by atoms with Crippen LogP contribution in [0.25, 0.3) is 0 Å². The summed E-state index contributed by atoms with van der Waals surface area (Å²) in [4.78, 5) is 4.06. The van der Waals surface area contributed by atoms with E-state index in [0.717, 1.165) is 19.0 Å². The first kappa shape index (κ1) is 15.0. The predicted molar refractivity (Wildman–Crippen MR) is 84.3 cm³/mol. The molecule has 0 saturated heterocycles. The van der Waals surface area contributed by atoms with Crippen molar-refractivity contribution in [1.82, 2.24) is 4.90 Å². The zero-order valence-electron chi connectivity index (χ0n) is 12.5. The molecule has 108 valence electrons. The molecule has 0 radical (unpaired) electrons. The molecule has 0 amide bonds. The number of hydrogen-bond acceptors (Lipinski definition) is 3. The van der Waals surface area contributed by atoms with Crippen molar-refractivity contribution in [2.75, 3.05) is 6.54 Å². The van der Waals surface area contributed by atoms with Gasteiger partial charge < -0.3 is 5.73 Å². The van der Waals surface area contributed by atoms with Crippen molar-refractivity contribution < 1.29 is 0 Å². The summed E-state index contributed by atoms with van der Waals surface area (Å²) >= 11 is 1.86. The third kappa shape index (κ3) is 4.30.